The van der Waals surface area contributed by atoms with Gasteiger partial charge in [-0.15, -0.1) is 0 Å². The standard InChI is InChI=1S/C21H26FN5O3/c1-15-13-18(28)20(23-27(15)17-8-5-4-7-16(17)22)21(30)26-10-6-9-25(11-12-26)14-19(29)24(2)3/h4-5,7-8,13H,6,9-12,14H2,1-3H3. The van der Waals surface area contributed by atoms with E-state index >= 15 is 0 Å². The zero-order valence-corrected chi connectivity index (χ0v) is 17.5. The van der Waals surface area contributed by atoms with Crippen molar-refractivity contribution in [3.05, 3.63) is 57.8 Å². The first-order valence-corrected chi connectivity index (χ1v) is 9.85. The average molecular weight is 415 g/mol. The lowest BCUT2D eigenvalue weighted by Crippen LogP contribution is -2.41. The van der Waals surface area contributed by atoms with Crippen LogP contribution in [0.3, 0.4) is 0 Å². The average Bonchev–Trinajstić information content (AvgIpc) is 2.94. The Labute approximate surface area is 174 Å². The van der Waals surface area contributed by atoms with Crippen LogP contribution < -0.4 is 5.43 Å². The van der Waals surface area contributed by atoms with Crippen molar-refractivity contribution in [1.29, 1.82) is 0 Å². The molecule has 0 unspecified atom stereocenters. The predicted octanol–water partition coefficient (Wildman–Crippen LogP) is 0.916. The number of aryl methyl sites for hydroxylation is 1. The highest BCUT2D eigenvalue weighted by Gasteiger charge is 2.25. The van der Waals surface area contributed by atoms with Gasteiger partial charge in [-0.05, 0) is 25.5 Å². The number of amides is 2. The minimum Gasteiger partial charge on any atom is -0.348 e. The summed E-state index contributed by atoms with van der Waals surface area (Å²) in [6.07, 6.45) is 0.680. The monoisotopic (exact) mass is 415 g/mol. The number of rotatable bonds is 4. The number of nitrogens with zero attached hydrogens (tertiary/aromatic N) is 5. The van der Waals surface area contributed by atoms with Gasteiger partial charge in [-0.3, -0.25) is 19.3 Å². The van der Waals surface area contributed by atoms with Gasteiger partial charge in [-0.2, -0.15) is 5.10 Å². The van der Waals surface area contributed by atoms with E-state index in [1.54, 1.807) is 44.1 Å². The molecule has 0 saturated carbocycles. The fourth-order valence-electron chi connectivity index (χ4n) is 3.38. The van der Waals surface area contributed by atoms with E-state index in [1.807, 2.05) is 4.90 Å². The van der Waals surface area contributed by atoms with Crippen molar-refractivity contribution in [3.8, 4) is 5.69 Å². The number of para-hydroxylation sites is 1. The molecule has 1 aliphatic heterocycles. The van der Waals surface area contributed by atoms with Gasteiger partial charge in [0.25, 0.3) is 5.91 Å². The van der Waals surface area contributed by atoms with E-state index < -0.39 is 17.2 Å². The molecule has 0 spiro atoms. The van der Waals surface area contributed by atoms with Gasteiger partial charge in [-0.25, -0.2) is 9.07 Å². The summed E-state index contributed by atoms with van der Waals surface area (Å²) in [6.45, 7) is 3.98. The molecule has 2 heterocycles. The van der Waals surface area contributed by atoms with Crippen molar-refractivity contribution >= 4 is 11.8 Å². The molecule has 2 aromatic rings. The molecule has 0 aliphatic carbocycles. The molecule has 9 heteroatoms. The van der Waals surface area contributed by atoms with E-state index in [4.69, 9.17) is 0 Å². The maximum atomic E-state index is 14.2. The number of aromatic nitrogens is 2. The van der Waals surface area contributed by atoms with Crippen molar-refractivity contribution in [1.82, 2.24) is 24.5 Å². The summed E-state index contributed by atoms with van der Waals surface area (Å²) in [6, 6.07) is 7.37. The van der Waals surface area contributed by atoms with Gasteiger partial charge in [0.15, 0.2) is 5.69 Å². The van der Waals surface area contributed by atoms with E-state index in [-0.39, 0.29) is 23.8 Å². The molecular formula is C21H26FN5O3. The van der Waals surface area contributed by atoms with Crippen molar-refractivity contribution in [2.24, 2.45) is 0 Å². The second-order valence-electron chi connectivity index (χ2n) is 7.57. The number of likely N-dealkylation sites (N-methyl/N-ethyl adjacent to an activating group) is 1. The molecule has 1 aliphatic rings. The van der Waals surface area contributed by atoms with Crippen LogP contribution in [0, 0.1) is 12.7 Å². The smallest absolute Gasteiger partial charge is 0.278 e. The SMILES string of the molecule is Cc1cc(=O)c(C(=O)N2CCCN(CC(=O)N(C)C)CC2)nn1-c1ccccc1F. The summed E-state index contributed by atoms with van der Waals surface area (Å²) in [7, 11) is 3.42. The molecule has 2 amide bonds. The minimum atomic E-state index is -0.494. The minimum absolute atomic E-state index is 0.00255. The third kappa shape index (κ3) is 4.73. The zero-order valence-electron chi connectivity index (χ0n) is 17.5. The van der Waals surface area contributed by atoms with Crippen LogP contribution in [0.1, 0.15) is 22.6 Å². The van der Waals surface area contributed by atoms with E-state index in [0.717, 1.165) is 0 Å². The Morgan fingerprint density at radius 1 is 1.13 bits per heavy atom. The molecule has 0 atom stereocenters. The highest BCUT2D eigenvalue weighted by atomic mass is 19.1. The van der Waals surface area contributed by atoms with Crippen LogP contribution in [0.5, 0.6) is 0 Å². The predicted molar refractivity (Wildman–Crippen MR) is 110 cm³/mol. The first-order valence-electron chi connectivity index (χ1n) is 9.85. The molecule has 0 N–H and O–H groups in total. The van der Waals surface area contributed by atoms with Gasteiger partial charge < -0.3 is 9.80 Å². The highest BCUT2D eigenvalue weighted by Crippen LogP contribution is 2.14. The summed E-state index contributed by atoms with van der Waals surface area (Å²) in [5.74, 6) is -0.972. The first-order chi connectivity index (χ1) is 14.3. The lowest BCUT2D eigenvalue weighted by molar-refractivity contribution is -0.129. The Bertz CT molecular complexity index is 1000. The van der Waals surface area contributed by atoms with Gasteiger partial charge in [0.2, 0.25) is 11.3 Å². The van der Waals surface area contributed by atoms with E-state index in [9.17, 15) is 18.8 Å². The number of hydrogen-bond donors (Lipinski definition) is 0. The summed E-state index contributed by atoms with van der Waals surface area (Å²) in [5.41, 5.74) is -0.116. The summed E-state index contributed by atoms with van der Waals surface area (Å²) >= 11 is 0. The quantitative estimate of drug-likeness (QED) is 0.742. The van der Waals surface area contributed by atoms with Gasteiger partial charge in [0, 0.05) is 52.0 Å². The van der Waals surface area contributed by atoms with Crippen LogP contribution in [0.15, 0.2) is 35.1 Å². The second-order valence-corrected chi connectivity index (χ2v) is 7.57. The van der Waals surface area contributed by atoms with Crippen molar-refractivity contribution in [2.45, 2.75) is 13.3 Å². The number of benzene rings is 1. The van der Waals surface area contributed by atoms with Crippen LogP contribution in [-0.4, -0.2) is 83.1 Å². The lowest BCUT2D eigenvalue weighted by atomic mass is 10.2. The van der Waals surface area contributed by atoms with Gasteiger partial charge in [0.1, 0.15) is 11.5 Å². The number of halogens is 1. The molecule has 8 nitrogen and oxygen atoms in total. The number of carbonyl (C=O) groups excluding carboxylic acids is 2. The van der Waals surface area contributed by atoms with Crippen molar-refractivity contribution in [3.63, 3.8) is 0 Å². The van der Waals surface area contributed by atoms with Crippen LogP contribution in [0.4, 0.5) is 4.39 Å². The molecule has 1 fully saturated rings. The van der Waals surface area contributed by atoms with Gasteiger partial charge in [0.05, 0.1) is 6.54 Å². The topological polar surface area (TPSA) is 78.8 Å². The zero-order chi connectivity index (χ0) is 21.8. The molecular weight excluding hydrogens is 389 g/mol. The van der Waals surface area contributed by atoms with E-state index in [2.05, 4.69) is 5.10 Å². The highest BCUT2D eigenvalue weighted by molar-refractivity contribution is 5.92. The molecule has 1 aromatic heterocycles. The van der Waals surface area contributed by atoms with Crippen molar-refractivity contribution < 1.29 is 14.0 Å². The number of hydrogen-bond acceptors (Lipinski definition) is 5. The van der Waals surface area contributed by atoms with Crippen molar-refractivity contribution in [2.75, 3.05) is 46.8 Å². The molecule has 30 heavy (non-hydrogen) atoms. The van der Waals surface area contributed by atoms with Gasteiger partial charge in [-0.1, -0.05) is 12.1 Å². The molecule has 1 aromatic carbocycles. The Morgan fingerprint density at radius 3 is 2.57 bits per heavy atom. The fraction of sp³-hybridized carbons (Fsp3) is 0.429. The maximum absolute atomic E-state index is 14.2. The lowest BCUT2D eigenvalue weighted by Gasteiger charge is -2.22. The summed E-state index contributed by atoms with van der Waals surface area (Å²) < 4.78 is 15.5. The first kappa shape index (κ1) is 21.6. The molecule has 1 saturated heterocycles. The molecule has 0 radical (unpaired) electrons. The van der Waals surface area contributed by atoms with E-state index in [1.165, 1.54) is 21.7 Å². The normalized spacial score (nSPS) is 15.0. The van der Waals surface area contributed by atoms with Gasteiger partial charge >= 0.3 is 0 Å². The maximum Gasteiger partial charge on any atom is 0.278 e. The molecule has 0 bridgehead atoms. The van der Waals surface area contributed by atoms with Crippen LogP contribution in [-0.2, 0) is 4.79 Å². The summed E-state index contributed by atoms with van der Waals surface area (Å²) in [4.78, 5) is 42.6. The molecule has 160 valence electrons. The van der Waals surface area contributed by atoms with Crippen LogP contribution in [0.25, 0.3) is 5.69 Å². The third-order valence-corrected chi connectivity index (χ3v) is 5.12. The van der Waals surface area contributed by atoms with Crippen LogP contribution in [0.2, 0.25) is 0 Å². The molecule has 3 rings (SSSR count). The Kier molecular flexibility index (Phi) is 6.61. The summed E-state index contributed by atoms with van der Waals surface area (Å²) in [5, 5.41) is 4.20. The largest absolute Gasteiger partial charge is 0.348 e. The third-order valence-electron chi connectivity index (χ3n) is 5.12. The Hall–Kier alpha value is -3.07. The fourth-order valence-corrected chi connectivity index (χ4v) is 3.38. The Morgan fingerprint density at radius 2 is 1.87 bits per heavy atom. The Balaban J connectivity index is 1.82. The second kappa shape index (κ2) is 9.17. The van der Waals surface area contributed by atoms with Crippen LogP contribution >= 0.6 is 0 Å². The van der Waals surface area contributed by atoms with E-state index in [0.29, 0.717) is 38.3 Å². The number of carbonyl (C=O) groups is 2.